The molecule has 0 aromatic carbocycles. The highest BCUT2D eigenvalue weighted by Crippen LogP contribution is 2.38. The highest BCUT2D eigenvalue weighted by Gasteiger charge is 2.33. The number of piperidine rings is 1. The van der Waals surface area contributed by atoms with Crippen LogP contribution in [0.4, 0.5) is 0 Å². The average molecular weight is 252 g/mol. The molecule has 18 heavy (non-hydrogen) atoms. The van der Waals surface area contributed by atoms with Gasteiger partial charge in [0.05, 0.1) is 0 Å². The lowest BCUT2D eigenvalue weighted by Gasteiger charge is -2.44. The van der Waals surface area contributed by atoms with Gasteiger partial charge in [-0.15, -0.1) is 0 Å². The Balaban J connectivity index is 1.78. The molecule has 1 aliphatic heterocycles. The first-order chi connectivity index (χ1) is 8.73. The second-order valence-corrected chi connectivity index (χ2v) is 6.49. The summed E-state index contributed by atoms with van der Waals surface area (Å²) in [4.78, 5) is 2.75. The normalized spacial score (nSPS) is 26.2. The molecule has 0 aromatic heterocycles. The van der Waals surface area contributed by atoms with Gasteiger partial charge in [0.15, 0.2) is 0 Å². The van der Waals surface area contributed by atoms with Crippen molar-refractivity contribution in [3.05, 3.63) is 0 Å². The molecule has 0 amide bonds. The lowest BCUT2D eigenvalue weighted by Crippen LogP contribution is -2.48. The molecule has 2 rings (SSSR count). The predicted molar refractivity (Wildman–Crippen MR) is 78.9 cm³/mol. The van der Waals surface area contributed by atoms with Crippen molar-refractivity contribution in [1.82, 2.24) is 10.2 Å². The summed E-state index contributed by atoms with van der Waals surface area (Å²) >= 11 is 0. The van der Waals surface area contributed by atoms with Crippen LogP contribution in [-0.4, -0.2) is 36.6 Å². The van der Waals surface area contributed by atoms with Crippen LogP contribution in [0.25, 0.3) is 0 Å². The van der Waals surface area contributed by atoms with Crippen LogP contribution in [0.1, 0.15) is 65.7 Å². The fraction of sp³-hybridized carbons (Fsp3) is 1.00. The smallest absolute Gasteiger partial charge is 0.0218 e. The van der Waals surface area contributed by atoms with Gasteiger partial charge in [-0.25, -0.2) is 0 Å². The summed E-state index contributed by atoms with van der Waals surface area (Å²) in [5, 5.41) is 3.71. The predicted octanol–water partition coefficient (Wildman–Crippen LogP) is 3.42. The quantitative estimate of drug-likeness (QED) is 0.747. The van der Waals surface area contributed by atoms with Crippen LogP contribution < -0.4 is 5.32 Å². The van der Waals surface area contributed by atoms with E-state index in [0.717, 1.165) is 12.1 Å². The number of nitrogens with zero attached hydrogens (tertiary/aromatic N) is 1. The standard InChI is InChI=1S/C16H32N2/c1-4-15(13-17-14-7-8-14)18-11-9-16(5-2,6-3)10-12-18/h14-15,17H,4-13H2,1-3H3. The van der Waals surface area contributed by atoms with Crippen molar-refractivity contribution in [3.63, 3.8) is 0 Å². The minimum absolute atomic E-state index is 0.665. The molecular formula is C16H32N2. The molecule has 0 spiro atoms. The van der Waals surface area contributed by atoms with Crippen LogP contribution in [0.2, 0.25) is 0 Å². The van der Waals surface area contributed by atoms with Gasteiger partial charge in [0, 0.05) is 18.6 Å². The lowest BCUT2D eigenvalue weighted by atomic mass is 9.74. The maximum absolute atomic E-state index is 3.71. The molecular weight excluding hydrogens is 220 g/mol. The van der Waals surface area contributed by atoms with E-state index in [4.69, 9.17) is 0 Å². The minimum Gasteiger partial charge on any atom is -0.312 e. The zero-order valence-electron chi connectivity index (χ0n) is 12.7. The molecule has 1 N–H and O–H groups in total. The number of hydrogen-bond donors (Lipinski definition) is 1. The molecule has 0 bridgehead atoms. The summed E-state index contributed by atoms with van der Waals surface area (Å²) in [6, 6.07) is 1.63. The molecule has 2 fully saturated rings. The number of likely N-dealkylation sites (tertiary alicyclic amines) is 1. The largest absolute Gasteiger partial charge is 0.312 e. The van der Waals surface area contributed by atoms with E-state index in [0.29, 0.717) is 5.41 Å². The highest BCUT2D eigenvalue weighted by molar-refractivity contribution is 4.88. The summed E-state index contributed by atoms with van der Waals surface area (Å²) < 4.78 is 0. The number of nitrogens with one attached hydrogen (secondary N) is 1. The third-order valence-corrected chi connectivity index (χ3v) is 5.57. The monoisotopic (exact) mass is 252 g/mol. The van der Waals surface area contributed by atoms with Crippen LogP contribution in [-0.2, 0) is 0 Å². The van der Waals surface area contributed by atoms with Gasteiger partial charge in [0.25, 0.3) is 0 Å². The molecule has 2 heteroatoms. The fourth-order valence-electron chi connectivity index (χ4n) is 3.44. The molecule has 1 saturated carbocycles. The summed E-state index contributed by atoms with van der Waals surface area (Å²) in [5.74, 6) is 0. The molecule has 1 heterocycles. The molecule has 0 aromatic rings. The van der Waals surface area contributed by atoms with E-state index in [2.05, 4.69) is 31.0 Å². The SMILES string of the molecule is CCC(CNC1CC1)N1CCC(CC)(CC)CC1. The van der Waals surface area contributed by atoms with E-state index in [9.17, 15) is 0 Å². The van der Waals surface area contributed by atoms with Crippen LogP contribution >= 0.6 is 0 Å². The molecule has 1 unspecified atom stereocenters. The third-order valence-electron chi connectivity index (χ3n) is 5.57. The zero-order chi connectivity index (χ0) is 13.0. The van der Waals surface area contributed by atoms with Crippen molar-refractivity contribution >= 4 is 0 Å². The van der Waals surface area contributed by atoms with Crippen molar-refractivity contribution in [3.8, 4) is 0 Å². The Hall–Kier alpha value is -0.0800. The number of rotatable bonds is 7. The molecule has 0 radical (unpaired) electrons. The van der Waals surface area contributed by atoms with Gasteiger partial charge >= 0.3 is 0 Å². The molecule has 1 aliphatic carbocycles. The third kappa shape index (κ3) is 3.48. The Morgan fingerprint density at radius 1 is 1.11 bits per heavy atom. The van der Waals surface area contributed by atoms with Crippen LogP contribution in [0.3, 0.4) is 0 Å². The van der Waals surface area contributed by atoms with Gasteiger partial charge in [0.2, 0.25) is 0 Å². The topological polar surface area (TPSA) is 15.3 Å². The molecule has 1 saturated heterocycles. The summed E-state index contributed by atoms with van der Waals surface area (Å²) in [6.45, 7) is 11.0. The second kappa shape index (κ2) is 6.38. The molecule has 2 nitrogen and oxygen atoms in total. The average Bonchev–Trinajstić information content (AvgIpc) is 3.24. The van der Waals surface area contributed by atoms with Crippen LogP contribution in [0.15, 0.2) is 0 Å². The summed E-state index contributed by atoms with van der Waals surface area (Å²) in [7, 11) is 0. The van der Waals surface area contributed by atoms with E-state index < -0.39 is 0 Å². The Kier molecular flexibility index (Phi) is 5.08. The van der Waals surface area contributed by atoms with Gasteiger partial charge < -0.3 is 5.32 Å². The van der Waals surface area contributed by atoms with Gasteiger partial charge in [-0.1, -0.05) is 33.6 Å². The van der Waals surface area contributed by atoms with Crippen LogP contribution in [0, 0.1) is 5.41 Å². The van der Waals surface area contributed by atoms with Gasteiger partial charge in [-0.2, -0.15) is 0 Å². The Labute approximate surface area is 114 Å². The van der Waals surface area contributed by atoms with Crippen molar-refractivity contribution in [2.75, 3.05) is 19.6 Å². The van der Waals surface area contributed by atoms with Crippen molar-refractivity contribution in [1.29, 1.82) is 0 Å². The van der Waals surface area contributed by atoms with E-state index in [1.807, 2.05) is 0 Å². The summed E-state index contributed by atoms with van der Waals surface area (Å²) in [6.07, 6.45) is 9.68. The first kappa shape index (κ1) is 14.3. The van der Waals surface area contributed by atoms with Gasteiger partial charge in [-0.05, 0) is 50.6 Å². The van der Waals surface area contributed by atoms with Gasteiger partial charge in [0.1, 0.15) is 0 Å². The maximum atomic E-state index is 3.71. The van der Waals surface area contributed by atoms with Crippen molar-refractivity contribution < 1.29 is 0 Å². The highest BCUT2D eigenvalue weighted by atomic mass is 15.2. The summed E-state index contributed by atoms with van der Waals surface area (Å²) in [5.41, 5.74) is 0.665. The Bertz CT molecular complexity index is 233. The lowest BCUT2D eigenvalue weighted by molar-refractivity contribution is 0.0642. The first-order valence-electron chi connectivity index (χ1n) is 8.20. The molecule has 2 aliphatic rings. The van der Waals surface area contributed by atoms with E-state index in [-0.39, 0.29) is 0 Å². The molecule has 1 atom stereocenters. The Morgan fingerprint density at radius 3 is 2.17 bits per heavy atom. The second-order valence-electron chi connectivity index (χ2n) is 6.49. The maximum Gasteiger partial charge on any atom is 0.0218 e. The van der Waals surface area contributed by atoms with Crippen molar-refractivity contribution in [2.45, 2.75) is 77.8 Å². The van der Waals surface area contributed by atoms with Crippen molar-refractivity contribution in [2.24, 2.45) is 5.41 Å². The van der Waals surface area contributed by atoms with Crippen LogP contribution in [0.5, 0.6) is 0 Å². The number of hydrogen-bond acceptors (Lipinski definition) is 2. The first-order valence-corrected chi connectivity index (χ1v) is 8.20. The minimum atomic E-state index is 0.665. The van der Waals surface area contributed by atoms with Gasteiger partial charge in [-0.3, -0.25) is 4.90 Å². The van der Waals surface area contributed by atoms with E-state index in [1.165, 1.54) is 64.6 Å². The Morgan fingerprint density at radius 2 is 1.72 bits per heavy atom. The fourth-order valence-corrected chi connectivity index (χ4v) is 3.44. The van der Waals surface area contributed by atoms with E-state index >= 15 is 0 Å². The molecule has 106 valence electrons. The zero-order valence-corrected chi connectivity index (χ0v) is 12.7. The van der Waals surface area contributed by atoms with E-state index in [1.54, 1.807) is 0 Å².